The number of rotatable bonds is 10. The van der Waals surface area contributed by atoms with Crippen molar-refractivity contribution in [3.05, 3.63) is 0 Å². The number of nitrogens with zero attached hydrogens (tertiary/aromatic N) is 2. The largest absolute Gasteiger partial charge is 0.382 e. The second kappa shape index (κ2) is 15.2. The number of halogens is 1. The molecule has 1 fully saturated rings. The van der Waals surface area contributed by atoms with Gasteiger partial charge in [-0.15, -0.1) is 24.0 Å². The van der Waals surface area contributed by atoms with E-state index in [2.05, 4.69) is 34.4 Å². The molecule has 6 nitrogen and oxygen atoms in total. The van der Waals surface area contributed by atoms with E-state index in [-0.39, 0.29) is 24.0 Å². The second-order valence-corrected chi connectivity index (χ2v) is 6.44. The highest BCUT2D eigenvalue weighted by molar-refractivity contribution is 14.0. The molecule has 0 aromatic heterocycles. The van der Waals surface area contributed by atoms with Crippen LogP contribution in [0.15, 0.2) is 4.99 Å². The zero-order valence-corrected chi connectivity index (χ0v) is 18.2. The predicted molar refractivity (Wildman–Crippen MR) is 112 cm³/mol. The number of aliphatic imine (C=N–C) groups is 1. The van der Waals surface area contributed by atoms with Gasteiger partial charge in [0.05, 0.1) is 13.2 Å². The van der Waals surface area contributed by atoms with Gasteiger partial charge in [0, 0.05) is 46.4 Å². The topological polar surface area (TPSA) is 58.1 Å². The summed E-state index contributed by atoms with van der Waals surface area (Å²) in [5.74, 6) is 1.60. The minimum Gasteiger partial charge on any atom is -0.382 e. The summed E-state index contributed by atoms with van der Waals surface area (Å²) in [6.07, 6.45) is 3.57. The monoisotopic (exact) mass is 456 g/mol. The molecule has 1 rings (SSSR count). The van der Waals surface area contributed by atoms with Gasteiger partial charge in [0.2, 0.25) is 0 Å². The first-order chi connectivity index (χ1) is 11.2. The molecule has 0 saturated carbocycles. The van der Waals surface area contributed by atoms with E-state index < -0.39 is 0 Å². The number of likely N-dealkylation sites (tertiary alicyclic amines) is 1. The molecule has 1 aliphatic heterocycles. The summed E-state index contributed by atoms with van der Waals surface area (Å²) in [5.41, 5.74) is 0. The molecule has 1 saturated heterocycles. The third kappa shape index (κ3) is 10.7. The normalized spacial score (nSPS) is 19.2. The Morgan fingerprint density at radius 1 is 1.25 bits per heavy atom. The van der Waals surface area contributed by atoms with Gasteiger partial charge in [-0.05, 0) is 45.6 Å². The maximum absolute atomic E-state index is 5.45. The third-order valence-corrected chi connectivity index (χ3v) is 4.25. The van der Waals surface area contributed by atoms with Crippen molar-refractivity contribution in [3.63, 3.8) is 0 Å². The van der Waals surface area contributed by atoms with Gasteiger partial charge < -0.3 is 25.0 Å². The molecule has 1 atom stereocenters. The van der Waals surface area contributed by atoms with Gasteiger partial charge in [-0.2, -0.15) is 0 Å². The summed E-state index contributed by atoms with van der Waals surface area (Å²) in [4.78, 5) is 6.87. The highest BCUT2D eigenvalue weighted by atomic mass is 127. The molecule has 144 valence electrons. The predicted octanol–water partition coefficient (Wildman–Crippen LogP) is 1.94. The number of hydrogen-bond acceptors (Lipinski definition) is 4. The van der Waals surface area contributed by atoms with Crippen LogP contribution < -0.4 is 10.6 Å². The molecule has 24 heavy (non-hydrogen) atoms. The van der Waals surface area contributed by atoms with E-state index in [9.17, 15) is 0 Å². The smallest absolute Gasteiger partial charge is 0.190 e. The Kier molecular flexibility index (Phi) is 15.1. The van der Waals surface area contributed by atoms with Crippen LogP contribution in [-0.4, -0.2) is 77.1 Å². The van der Waals surface area contributed by atoms with Crippen molar-refractivity contribution in [2.45, 2.75) is 39.2 Å². The summed E-state index contributed by atoms with van der Waals surface area (Å²) < 4.78 is 10.4. The molecule has 0 aliphatic carbocycles. The van der Waals surface area contributed by atoms with Gasteiger partial charge in [0.1, 0.15) is 0 Å². The highest BCUT2D eigenvalue weighted by Crippen LogP contribution is 2.17. The fourth-order valence-corrected chi connectivity index (χ4v) is 2.82. The van der Waals surface area contributed by atoms with Crippen LogP contribution in [0, 0.1) is 5.92 Å². The molecule has 0 amide bonds. The van der Waals surface area contributed by atoms with Crippen LogP contribution in [0.25, 0.3) is 0 Å². The lowest BCUT2D eigenvalue weighted by Crippen LogP contribution is -2.46. The molecule has 1 aliphatic rings. The summed E-state index contributed by atoms with van der Waals surface area (Å²) in [6.45, 7) is 10.9. The quantitative estimate of drug-likeness (QED) is 0.228. The maximum Gasteiger partial charge on any atom is 0.190 e. The van der Waals surface area contributed by atoms with E-state index in [1.165, 1.54) is 25.9 Å². The summed E-state index contributed by atoms with van der Waals surface area (Å²) in [7, 11) is 3.51. The second-order valence-electron chi connectivity index (χ2n) is 6.44. The molecular formula is C17H37IN4O2. The van der Waals surface area contributed by atoms with E-state index in [4.69, 9.17) is 9.47 Å². The Morgan fingerprint density at radius 2 is 2.04 bits per heavy atom. The molecule has 1 heterocycles. The maximum atomic E-state index is 5.45. The van der Waals surface area contributed by atoms with E-state index in [1.54, 1.807) is 7.11 Å². The van der Waals surface area contributed by atoms with E-state index in [0.29, 0.717) is 25.2 Å². The summed E-state index contributed by atoms with van der Waals surface area (Å²) in [5, 5.41) is 6.81. The third-order valence-electron chi connectivity index (χ3n) is 4.25. The van der Waals surface area contributed by atoms with Crippen LogP contribution in [-0.2, 0) is 9.47 Å². The van der Waals surface area contributed by atoms with Crippen molar-refractivity contribution in [3.8, 4) is 0 Å². The van der Waals surface area contributed by atoms with E-state index >= 15 is 0 Å². The van der Waals surface area contributed by atoms with Crippen molar-refractivity contribution < 1.29 is 9.47 Å². The Labute approximate surface area is 165 Å². The summed E-state index contributed by atoms with van der Waals surface area (Å²) in [6, 6.07) is 0.647. The number of methoxy groups -OCH3 is 1. The van der Waals surface area contributed by atoms with Crippen molar-refractivity contribution >= 4 is 29.9 Å². The molecule has 2 N–H and O–H groups in total. The average molecular weight is 456 g/mol. The lowest BCUT2D eigenvalue weighted by Gasteiger charge is -2.35. The van der Waals surface area contributed by atoms with Crippen LogP contribution in [0.1, 0.15) is 33.1 Å². The van der Waals surface area contributed by atoms with Gasteiger partial charge in [0.25, 0.3) is 0 Å². The van der Waals surface area contributed by atoms with Crippen molar-refractivity contribution in [1.29, 1.82) is 0 Å². The standard InChI is InChI=1S/C17H36N4O2.HI/c1-15(2)21-9-5-7-16(14-21)13-20-17(18-3)19-8-6-10-23-12-11-22-4;/h15-16H,5-14H2,1-4H3,(H2,18,19,20);1H. The van der Waals surface area contributed by atoms with Crippen LogP contribution in [0.5, 0.6) is 0 Å². The molecular weight excluding hydrogens is 419 g/mol. The Balaban J connectivity index is 0.00000529. The molecule has 0 bridgehead atoms. The minimum atomic E-state index is 0. The SMILES string of the molecule is CN=C(NCCCOCCOC)NCC1CCCN(C(C)C)C1.I. The molecule has 7 heteroatoms. The molecule has 1 unspecified atom stereocenters. The molecule has 0 aromatic rings. The van der Waals surface area contributed by atoms with Gasteiger partial charge in [-0.1, -0.05) is 0 Å². The van der Waals surface area contributed by atoms with Crippen LogP contribution in [0.3, 0.4) is 0 Å². The lowest BCUT2D eigenvalue weighted by molar-refractivity contribution is 0.0698. The number of nitrogens with one attached hydrogen (secondary N) is 2. The van der Waals surface area contributed by atoms with Crippen LogP contribution in [0.2, 0.25) is 0 Å². The van der Waals surface area contributed by atoms with Gasteiger partial charge in [-0.25, -0.2) is 0 Å². The number of hydrogen-bond donors (Lipinski definition) is 2. The minimum absolute atomic E-state index is 0. The van der Waals surface area contributed by atoms with Crippen molar-refractivity contribution in [2.24, 2.45) is 10.9 Å². The first kappa shape index (κ1) is 23.9. The van der Waals surface area contributed by atoms with Gasteiger partial charge in [-0.3, -0.25) is 4.99 Å². The van der Waals surface area contributed by atoms with Crippen LogP contribution >= 0.6 is 24.0 Å². The first-order valence-corrected chi connectivity index (χ1v) is 8.92. The Morgan fingerprint density at radius 3 is 2.71 bits per heavy atom. The van der Waals surface area contributed by atoms with Crippen molar-refractivity contribution in [1.82, 2.24) is 15.5 Å². The van der Waals surface area contributed by atoms with Gasteiger partial charge >= 0.3 is 0 Å². The fraction of sp³-hybridized carbons (Fsp3) is 0.941. The number of ether oxygens (including phenoxy) is 2. The average Bonchev–Trinajstić information content (AvgIpc) is 2.57. The number of piperidine rings is 1. The lowest BCUT2D eigenvalue weighted by atomic mass is 9.97. The van der Waals surface area contributed by atoms with E-state index in [1.807, 2.05) is 7.05 Å². The van der Waals surface area contributed by atoms with Gasteiger partial charge in [0.15, 0.2) is 5.96 Å². The Bertz CT molecular complexity index is 330. The zero-order chi connectivity index (χ0) is 16.9. The first-order valence-electron chi connectivity index (χ1n) is 8.92. The number of guanidine groups is 1. The van der Waals surface area contributed by atoms with Crippen molar-refractivity contribution in [2.75, 3.05) is 60.2 Å². The molecule has 0 spiro atoms. The zero-order valence-electron chi connectivity index (χ0n) is 15.8. The fourth-order valence-electron chi connectivity index (χ4n) is 2.82. The molecule has 0 radical (unpaired) electrons. The highest BCUT2D eigenvalue weighted by Gasteiger charge is 2.21. The summed E-state index contributed by atoms with van der Waals surface area (Å²) >= 11 is 0. The van der Waals surface area contributed by atoms with E-state index in [0.717, 1.165) is 32.1 Å². The Hall–Kier alpha value is -0.120. The van der Waals surface area contributed by atoms with Crippen LogP contribution in [0.4, 0.5) is 0 Å². The molecule has 0 aromatic carbocycles.